The summed E-state index contributed by atoms with van der Waals surface area (Å²) < 4.78 is 13.2. The summed E-state index contributed by atoms with van der Waals surface area (Å²) in [5, 5.41) is 0. The average Bonchev–Trinajstić information content (AvgIpc) is 3.18. The maximum Gasteiger partial charge on any atom is 0.240 e. The monoisotopic (exact) mass is 278 g/mol. The Morgan fingerprint density at radius 2 is 2.15 bits per heavy atom. The van der Waals surface area contributed by atoms with Crippen LogP contribution in [0.5, 0.6) is 0 Å². The molecule has 0 spiro atoms. The zero-order valence-electron chi connectivity index (χ0n) is 12.2. The molecule has 0 aromatic heterocycles. The van der Waals surface area contributed by atoms with Gasteiger partial charge in [0.2, 0.25) is 5.91 Å². The largest absolute Gasteiger partial charge is 0.334 e. The zero-order valence-corrected chi connectivity index (χ0v) is 12.2. The van der Waals surface area contributed by atoms with Gasteiger partial charge in [-0.25, -0.2) is 4.39 Å². The van der Waals surface area contributed by atoms with E-state index >= 15 is 0 Å². The smallest absolute Gasteiger partial charge is 0.240 e. The van der Waals surface area contributed by atoms with Crippen LogP contribution in [0.15, 0.2) is 24.3 Å². The highest BCUT2D eigenvalue weighted by atomic mass is 19.1. The zero-order chi connectivity index (χ0) is 14.7. The van der Waals surface area contributed by atoms with Crippen molar-refractivity contribution in [1.29, 1.82) is 0 Å². The molecule has 0 bridgehead atoms. The van der Waals surface area contributed by atoms with Crippen LogP contribution in [-0.4, -0.2) is 22.9 Å². The Bertz CT molecular complexity index is 471. The molecule has 1 amide bonds. The third-order valence-corrected chi connectivity index (χ3v) is 3.56. The van der Waals surface area contributed by atoms with Gasteiger partial charge in [-0.1, -0.05) is 26.0 Å². The summed E-state index contributed by atoms with van der Waals surface area (Å²) in [5.41, 5.74) is 6.82. The third kappa shape index (κ3) is 4.04. The number of benzene rings is 1. The van der Waals surface area contributed by atoms with Crippen molar-refractivity contribution in [3.63, 3.8) is 0 Å². The summed E-state index contributed by atoms with van der Waals surface area (Å²) in [6.45, 7) is 4.56. The van der Waals surface area contributed by atoms with E-state index in [-0.39, 0.29) is 17.8 Å². The van der Waals surface area contributed by atoms with E-state index in [9.17, 15) is 9.18 Å². The number of rotatable bonds is 6. The highest BCUT2D eigenvalue weighted by Crippen LogP contribution is 2.29. The van der Waals surface area contributed by atoms with Gasteiger partial charge in [0.15, 0.2) is 0 Å². The van der Waals surface area contributed by atoms with E-state index in [1.807, 2.05) is 11.0 Å². The SMILES string of the molecule is CC(C)C[C@@H](N)C(=O)N(Cc1cccc(F)c1)C1CC1. The molecule has 4 heteroatoms. The van der Waals surface area contributed by atoms with Crippen molar-refractivity contribution in [3.05, 3.63) is 35.6 Å². The number of nitrogens with zero attached hydrogens (tertiary/aromatic N) is 1. The molecule has 1 fully saturated rings. The molecule has 2 N–H and O–H groups in total. The first-order chi connectivity index (χ1) is 9.47. The van der Waals surface area contributed by atoms with E-state index in [0.717, 1.165) is 18.4 Å². The number of carbonyl (C=O) groups excluding carboxylic acids is 1. The van der Waals surface area contributed by atoms with Crippen LogP contribution in [0.4, 0.5) is 4.39 Å². The average molecular weight is 278 g/mol. The van der Waals surface area contributed by atoms with Crippen LogP contribution in [0.25, 0.3) is 0 Å². The lowest BCUT2D eigenvalue weighted by Gasteiger charge is -2.26. The van der Waals surface area contributed by atoms with Crippen molar-refractivity contribution < 1.29 is 9.18 Å². The Kier molecular flexibility index (Phi) is 4.76. The van der Waals surface area contributed by atoms with E-state index < -0.39 is 6.04 Å². The molecular weight excluding hydrogens is 255 g/mol. The molecule has 3 nitrogen and oxygen atoms in total. The highest BCUT2D eigenvalue weighted by molar-refractivity contribution is 5.82. The van der Waals surface area contributed by atoms with Crippen LogP contribution >= 0.6 is 0 Å². The van der Waals surface area contributed by atoms with Crippen molar-refractivity contribution in [1.82, 2.24) is 4.90 Å². The Morgan fingerprint density at radius 1 is 1.45 bits per heavy atom. The molecule has 2 rings (SSSR count). The summed E-state index contributed by atoms with van der Waals surface area (Å²) >= 11 is 0. The van der Waals surface area contributed by atoms with Gasteiger partial charge >= 0.3 is 0 Å². The predicted molar refractivity (Wildman–Crippen MR) is 77.4 cm³/mol. The fraction of sp³-hybridized carbons (Fsp3) is 0.562. The molecular formula is C16H23FN2O. The van der Waals surface area contributed by atoms with Crippen LogP contribution in [0.2, 0.25) is 0 Å². The quantitative estimate of drug-likeness (QED) is 0.869. The summed E-state index contributed by atoms with van der Waals surface area (Å²) in [7, 11) is 0. The van der Waals surface area contributed by atoms with Gasteiger partial charge in [-0.2, -0.15) is 0 Å². The molecule has 1 atom stereocenters. The molecule has 1 saturated carbocycles. The van der Waals surface area contributed by atoms with Gasteiger partial charge in [-0.3, -0.25) is 4.79 Å². The first-order valence-electron chi connectivity index (χ1n) is 7.28. The lowest BCUT2D eigenvalue weighted by molar-refractivity contribution is -0.134. The molecule has 1 aliphatic carbocycles. The molecule has 0 aliphatic heterocycles. The van der Waals surface area contributed by atoms with Gasteiger partial charge in [0.05, 0.1) is 6.04 Å². The number of carbonyl (C=O) groups is 1. The first kappa shape index (κ1) is 15.0. The number of halogens is 1. The standard InChI is InChI=1S/C16H23FN2O/c1-11(2)8-15(18)16(20)19(14-6-7-14)10-12-4-3-5-13(17)9-12/h3-5,9,11,14-15H,6-8,10,18H2,1-2H3/t15-/m1/s1. The van der Waals surface area contributed by atoms with Gasteiger partial charge in [0, 0.05) is 12.6 Å². The lowest BCUT2D eigenvalue weighted by Crippen LogP contribution is -2.45. The van der Waals surface area contributed by atoms with Crippen LogP contribution in [-0.2, 0) is 11.3 Å². The van der Waals surface area contributed by atoms with Crippen LogP contribution in [0.3, 0.4) is 0 Å². The highest BCUT2D eigenvalue weighted by Gasteiger charge is 2.34. The molecule has 20 heavy (non-hydrogen) atoms. The second-order valence-electron chi connectivity index (χ2n) is 6.06. The molecule has 1 aromatic carbocycles. The Labute approximate surface area is 120 Å². The maximum atomic E-state index is 13.2. The van der Waals surface area contributed by atoms with Crippen LogP contribution in [0.1, 0.15) is 38.7 Å². The summed E-state index contributed by atoms with van der Waals surface area (Å²) in [6.07, 6.45) is 2.73. The van der Waals surface area contributed by atoms with Gasteiger partial charge in [0.25, 0.3) is 0 Å². The number of amides is 1. The molecule has 0 radical (unpaired) electrons. The van der Waals surface area contributed by atoms with Gasteiger partial charge < -0.3 is 10.6 Å². The maximum absolute atomic E-state index is 13.2. The topological polar surface area (TPSA) is 46.3 Å². The van der Waals surface area contributed by atoms with Gasteiger partial charge in [0.1, 0.15) is 5.82 Å². The van der Waals surface area contributed by atoms with Crippen LogP contribution in [0, 0.1) is 11.7 Å². The molecule has 0 heterocycles. The normalized spacial score (nSPS) is 16.2. The van der Waals surface area contributed by atoms with E-state index in [2.05, 4.69) is 13.8 Å². The Balaban J connectivity index is 2.05. The predicted octanol–water partition coefficient (Wildman–Crippen LogP) is 2.69. The molecule has 1 aromatic rings. The summed E-state index contributed by atoms with van der Waals surface area (Å²) in [4.78, 5) is 14.3. The Hall–Kier alpha value is -1.42. The van der Waals surface area contributed by atoms with Crippen molar-refractivity contribution in [2.45, 2.75) is 51.7 Å². The van der Waals surface area contributed by atoms with Crippen molar-refractivity contribution in [2.75, 3.05) is 0 Å². The van der Waals surface area contributed by atoms with Crippen molar-refractivity contribution in [3.8, 4) is 0 Å². The number of hydrogen-bond acceptors (Lipinski definition) is 2. The van der Waals surface area contributed by atoms with Crippen molar-refractivity contribution in [2.24, 2.45) is 11.7 Å². The molecule has 110 valence electrons. The molecule has 1 aliphatic rings. The van der Waals surface area contributed by atoms with Crippen LogP contribution < -0.4 is 5.73 Å². The van der Waals surface area contributed by atoms with E-state index in [4.69, 9.17) is 5.73 Å². The lowest BCUT2D eigenvalue weighted by atomic mass is 10.0. The van der Waals surface area contributed by atoms with Crippen molar-refractivity contribution >= 4 is 5.91 Å². The number of hydrogen-bond donors (Lipinski definition) is 1. The number of nitrogens with two attached hydrogens (primary N) is 1. The van der Waals surface area contributed by atoms with Gasteiger partial charge in [-0.15, -0.1) is 0 Å². The third-order valence-electron chi connectivity index (χ3n) is 3.56. The Morgan fingerprint density at radius 3 is 2.70 bits per heavy atom. The van der Waals surface area contributed by atoms with E-state index in [1.165, 1.54) is 12.1 Å². The summed E-state index contributed by atoms with van der Waals surface area (Å²) in [6, 6.07) is 6.25. The fourth-order valence-electron chi connectivity index (χ4n) is 2.43. The second-order valence-corrected chi connectivity index (χ2v) is 6.06. The second kappa shape index (κ2) is 6.35. The van der Waals surface area contributed by atoms with Gasteiger partial charge in [-0.05, 0) is 42.9 Å². The summed E-state index contributed by atoms with van der Waals surface area (Å²) in [5.74, 6) is 0.117. The van der Waals surface area contributed by atoms with E-state index in [1.54, 1.807) is 6.07 Å². The minimum atomic E-state index is -0.454. The molecule has 0 unspecified atom stereocenters. The minimum absolute atomic E-state index is 0.00883. The minimum Gasteiger partial charge on any atom is -0.334 e. The fourth-order valence-corrected chi connectivity index (χ4v) is 2.43. The first-order valence-corrected chi connectivity index (χ1v) is 7.28. The van der Waals surface area contributed by atoms with E-state index in [0.29, 0.717) is 18.9 Å². The molecule has 0 saturated heterocycles.